The molecular weight excluding hydrogens is 174 g/mol. The summed E-state index contributed by atoms with van der Waals surface area (Å²) in [5.41, 5.74) is 0. The summed E-state index contributed by atoms with van der Waals surface area (Å²) < 4.78 is 5.55. The number of rotatable bonds is 5. The van der Waals surface area contributed by atoms with Crippen molar-refractivity contribution < 1.29 is 4.74 Å². The number of ether oxygens (including phenoxy) is 1. The van der Waals surface area contributed by atoms with E-state index in [4.69, 9.17) is 4.74 Å². The standard InChI is InChI=1S/C12H25NO/c1-10(2)14-9-5-8-13-11(3)6-7-12(13)4/h10-12H,5-9H2,1-4H3/t11-,12+. The second-order valence-corrected chi connectivity index (χ2v) is 4.79. The van der Waals surface area contributed by atoms with Crippen molar-refractivity contribution in [2.75, 3.05) is 13.2 Å². The van der Waals surface area contributed by atoms with E-state index >= 15 is 0 Å². The van der Waals surface area contributed by atoms with Gasteiger partial charge in [0, 0.05) is 25.2 Å². The molecule has 2 heteroatoms. The van der Waals surface area contributed by atoms with Crippen molar-refractivity contribution in [3.63, 3.8) is 0 Å². The lowest BCUT2D eigenvalue weighted by atomic mass is 10.2. The van der Waals surface area contributed by atoms with Gasteiger partial charge in [0.05, 0.1) is 6.10 Å². The van der Waals surface area contributed by atoms with Crippen LogP contribution in [0.5, 0.6) is 0 Å². The van der Waals surface area contributed by atoms with Gasteiger partial charge in [-0.05, 0) is 47.0 Å². The van der Waals surface area contributed by atoms with Gasteiger partial charge in [-0.25, -0.2) is 0 Å². The highest BCUT2D eigenvalue weighted by atomic mass is 16.5. The van der Waals surface area contributed by atoms with E-state index in [9.17, 15) is 0 Å². The predicted octanol–water partition coefficient (Wildman–Crippen LogP) is 2.67. The molecule has 2 nitrogen and oxygen atoms in total. The smallest absolute Gasteiger partial charge is 0.0518 e. The molecule has 0 bridgehead atoms. The molecule has 0 aromatic carbocycles. The first-order valence-corrected chi connectivity index (χ1v) is 5.98. The van der Waals surface area contributed by atoms with Gasteiger partial charge in [0.1, 0.15) is 0 Å². The highest BCUT2D eigenvalue weighted by Crippen LogP contribution is 2.23. The van der Waals surface area contributed by atoms with E-state index in [1.54, 1.807) is 0 Å². The fourth-order valence-corrected chi connectivity index (χ4v) is 2.26. The molecule has 1 fully saturated rings. The van der Waals surface area contributed by atoms with Gasteiger partial charge in [-0.3, -0.25) is 4.90 Å². The summed E-state index contributed by atoms with van der Waals surface area (Å²) in [6, 6.07) is 1.56. The zero-order valence-electron chi connectivity index (χ0n) is 10.1. The van der Waals surface area contributed by atoms with E-state index in [1.807, 2.05) is 0 Å². The minimum atomic E-state index is 0.378. The Morgan fingerprint density at radius 1 is 1.21 bits per heavy atom. The van der Waals surface area contributed by atoms with E-state index in [0.29, 0.717) is 6.10 Å². The Morgan fingerprint density at radius 3 is 2.29 bits per heavy atom. The van der Waals surface area contributed by atoms with Crippen molar-refractivity contribution in [3.05, 3.63) is 0 Å². The molecule has 0 radical (unpaired) electrons. The molecule has 0 aliphatic carbocycles. The Labute approximate surface area is 88.6 Å². The minimum Gasteiger partial charge on any atom is -0.379 e. The SMILES string of the molecule is CC(C)OCCCN1[C@H](C)CC[C@@H]1C. The van der Waals surface area contributed by atoms with Crippen molar-refractivity contribution in [1.29, 1.82) is 0 Å². The first kappa shape index (κ1) is 12.0. The summed E-state index contributed by atoms with van der Waals surface area (Å²) in [5, 5.41) is 0. The second kappa shape index (κ2) is 5.72. The Kier molecular flexibility index (Phi) is 4.90. The third-order valence-electron chi connectivity index (χ3n) is 3.15. The van der Waals surface area contributed by atoms with Gasteiger partial charge in [-0.1, -0.05) is 0 Å². The highest BCUT2D eigenvalue weighted by molar-refractivity contribution is 4.81. The molecule has 14 heavy (non-hydrogen) atoms. The van der Waals surface area contributed by atoms with E-state index in [0.717, 1.165) is 18.7 Å². The molecule has 0 unspecified atom stereocenters. The Bertz CT molecular complexity index is 148. The van der Waals surface area contributed by atoms with Crippen LogP contribution in [0.3, 0.4) is 0 Å². The largest absolute Gasteiger partial charge is 0.379 e. The number of hydrogen-bond donors (Lipinski definition) is 0. The van der Waals surface area contributed by atoms with E-state index < -0.39 is 0 Å². The Morgan fingerprint density at radius 2 is 1.79 bits per heavy atom. The summed E-state index contributed by atoms with van der Waals surface area (Å²) in [5.74, 6) is 0. The lowest BCUT2D eigenvalue weighted by molar-refractivity contribution is 0.0673. The molecule has 1 aliphatic heterocycles. The van der Waals surface area contributed by atoms with Gasteiger partial charge < -0.3 is 4.74 Å². The second-order valence-electron chi connectivity index (χ2n) is 4.79. The third-order valence-corrected chi connectivity index (χ3v) is 3.15. The summed E-state index contributed by atoms with van der Waals surface area (Å²) in [6.45, 7) is 11.0. The average Bonchev–Trinajstić information content (AvgIpc) is 2.42. The number of likely N-dealkylation sites (tertiary alicyclic amines) is 1. The van der Waals surface area contributed by atoms with Crippen LogP contribution in [0.1, 0.15) is 47.0 Å². The summed E-state index contributed by atoms with van der Waals surface area (Å²) in [6.07, 6.45) is 4.29. The molecule has 0 aromatic rings. The monoisotopic (exact) mass is 199 g/mol. The van der Waals surface area contributed by atoms with Crippen molar-refractivity contribution in [2.24, 2.45) is 0 Å². The maximum atomic E-state index is 5.55. The number of nitrogens with zero attached hydrogens (tertiary/aromatic N) is 1. The molecule has 1 rings (SSSR count). The van der Waals surface area contributed by atoms with Crippen LogP contribution in [0.4, 0.5) is 0 Å². The summed E-state index contributed by atoms with van der Waals surface area (Å²) in [7, 11) is 0. The van der Waals surface area contributed by atoms with Gasteiger partial charge in [-0.15, -0.1) is 0 Å². The van der Waals surface area contributed by atoms with Crippen molar-refractivity contribution in [1.82, 2.24) is 4.90 Å². The molecule has 0 N–H and O–H groups in total. The molecule has 1 saturated heterocycles. The first-order chi connectivity index (χ1) is 6.61. The summed E-state index contributed by atoms with van der Waals surface area (Å²) in [4.78, 5) is 2.61. The number of hydrogen-bond acceptors (Lipinski definition) is 2. The zero-order chi connectivity index (χ0) is 10.6. The minimum absolute atomic E-state index is 0.378. The third kappa shape index (κ3) is 3.58. The van der Waals surface area contributed by atoms with Crippen LogP contribution >= 0.6 is 0 Å². The van der Waals surface area contributed by atoms with Crippen LogP contribution < -0.4 is 0 Å². The van der Waals surface area contributed by atoms with Crippen LogP contribution in [0.2, 0.25) is 0 Å². The van der Waals surface area contributed by atoms with Crippen molar-refractivity contribution in [2.45, 2.75) is 65.1 Å². The van der Waals surface area contributed by atoms with Crippen LogP contribution in [0.15, 0.2) is 0 Å². The highest BCUT2D eigenvalue weighted by Gasteiger charge is 2.26. The zero-order valence-corrected chi connectivity index (χ0v) is 10.1. The molecule has 0 spiro atoms. The molecule has 0 saturated carbocycles. The predicted molar refractivity (Wildman–Crippen MR) is 60.6 cm³/mol. The van der Waals surface area contributed by atoms with E-state index in [2.05, 4.69) is 32.6 Å². The molecule has 0 aromatic heterocycles. The van der Waals surface area contributed by atoms with Crippen LogP contribution in [-0.4, -0.2) is 36.2 Å². The lowest BCUT2D eigenvalue weighted by Crippen LogP contribution is -2.34. The fourth-order valence-electron chi connectivity index (χ4n) is 2.26. The molecule has 1 aliphatic rings. The molecular formula is C12H25NO. The maximum Gasteiger partial charge on any atom is 0.0518 e. The van der Waals surface area contributed by atoms with Crippen molar-refractivity contribution >= 4 is 0 Å². The first-order valence-electron chi connectivity index (χ1n) is 5.98. The Balaban J connectivity index is 2.11. The van der Waals surface area contributed by atoms with Gasteiger partial charge in [0.2, 0.25) is 0 Å². The normalized spacial score (nSPS) is 28.9. The Hall–Kier alpha value is -0.0800. The molecule has 84 valence electrons. The van der Waals surface area contributed by atoms with Gasteiger partial charge in [0.15, 0.2) is 0 Å². The molecule has 1 heterocycles. The molecule has 0 amide bonds. The van der Waals surface area contributed by atoms with Gasteiger partial charge >= 0.3 is 0 Å². The van der Waals surface area contributed by atoms with Crippen molar-refractivity contribution in [3.8, 4) is 0 Å². The van der Waals surface area contributed by atoms with Gasteiger partial charge in [-0.2, -0.15) is 0 Å². The molecule has 2 atom stereocenters. The fraction of sp³-hybridized carbons (Fsp3) is 1.00. The van der Waals surface area contributed by atoms with Gasteiger partial charge in [0.25, 0.3) is 0 Å². The van der Waals surface area contributed by atoms with E-state index in [1.165, 1.54) is 25.8 Å². The van der Waals surface area contributed by atoms with Crippen LogP contribution in [0, 0.1) is 0 Å². The summed E-state index contributed by atoms with van der Waals surface area (Å²) >= 11 is 0. The maximum absolute atomic E-state index is 5.55. The van der Waals surface area contributed by atoms with Crippen LogP contribution in [0.25, 0.3) is 0 Å². The lowest BCUT2D eigenvalue weighted by Gasteiger charge is -2.25. The average molecular weight is 199 g/mol. The quantitative estimate of drug-likeness (QED) is 0.631. The topological polar surface area (TPSA) is 12.5 Å². The van der Waals surface area contributed by atoms with E-state index in [-0.39, 0.29) is 0 Å². The van der Waals surface area contributed by atoms with Crippen LogP contribution in [-0.2, 0) is 4.74 Å².